The number of nitrogens with zero attached hydrogens (tertiary/aromatic N) is 3. The first-order valence-electron chi connectivity index (χ1n) is 6.02. The average Bonchev–Trinajstić information content (AvgIpc) is 2.95. The van der Waals surface area contributed by atoms with Gasteiger partial charge < -0.3 is 20.6 Å². The van der Waals surface area contributed by atoms with Gasteiger partial charge in [-0.1, -0.05) is 25.2 Å². The van der Waals surface area contributed by atoms with Gasteiger partial charge in [0.2, 0.25) is 0 Å². The topological polar surface area (TPSA) is 95.7 Å². The fraction of sp³-hybridized carbons (Fsp3) is 0.545. The van der Waals surface area contributed by atoms with Crippen molar-refractivity contribution in [3.63, 3.8) is 0 Å². The molecular formula is C11H16N4O3S. The Kier molecular flexibility index (Phi) is 3.72. The van der Waals surface area contributed by atoms with Gasteiger partial charge in [-0.15, -0.1) is 0 Å². The van der Waals surface area contributed by atoms with E-state index >= 15 is 0 Å². The maximum Gasteiger partial charge on any atom is 0.393 e. The lowest BCUT2D eigenvalue weighted by atomic mass is 9.96. The monoisotopic (exact) mass is 284 g/mol. The van der Waals surface area contributed by atoms with Crippen molar-refractivity contribution in [1.82, 2.24) is 9.38 Å². The number of nitrogens with two attached hydrogens (primary N) is 1. The predicted octanol–water partition coefficient (Wildman–Crippen LogP) is 2.20. The highest BCUT2D eigenvalue weighted by molar-refractivity contribution is 7.15. The number of thiazole rings is 1. The smallest absolute Gasteiger partial charge is 0.393 e. The molecule has 19 heavy (non-hydrogen) atoms. The van der Waals surface area contributed by atoms with Crippen molar-refractivity contribution < 1.29 is 9.66 Å². The minimum absolute atomic E-state index is 0.0357. The van der Waals surface area contributed by atoms with Crippen molar-refractivity contribution in [3.8, 4) is 5.88 Å². The van der Waals surface area contributed by atoms with Crippen molar-refractivity contribution >= 4 is 22.1 Å². The summed E-state index contributed by atoms with van der Waals surface area (Å²) in [5.74, 6) is -0.112. The highest BCUT2D eigenvalue weighted by atomic mass is 32.1. The largest absolute Gasteiger partial charge is 0.470 e. The molecule has 0 spiro atoms. The zero-order valence-corrected chi connectivity index (χ0v) is 11.6. The van der Waals surface area contributed by atoms with E-state index in [-0.39, 0.29) is 18.3 Å². The fourth-order valence-corrected chi connectivity index (χ4v) is 2.38. The molecule has 0 saturated heterocycles. The molecule has 0 aliphatic carbocycles. The van der Waals surface area contributed by atoms with Gasteiger partial charge in [-0.25, -0.2) is 0 Å². The summed E-state index contributed by atoms with van der Waals surface area (Å²) in [6.07, 6.45) is 3.08. The molecule has 0 fully saturated rings. The minimum Gasteiger partial charge on any atom is -0.470 e. The van der Waals surface area contributed by atoms with Gasteiger partial charge in [0.15, 0.2) is 0 Å². The van der Waals surface area contributed by atoms with Gasteiger partial charge in [-0.2, -0.15) is 9.38 Å². The lowest BCUT2D eigenvalue weighted by Crippen LogP contribution is -2.44. The van der Waals surface area contributed by atoms with E-state index in [1.54, 1.807) is 11.6 Å². The Balaban J connectivity index is 2.27. The van der Waals surface area contributed by atoms with E-state index in [0.717, 1.165) is 12.8 Å². The number of imidazole rings is 1. The summed E-state index contributed by atoms with van der Waals surface area (Å²) in [5.41, 5.74) is 5.63. The number of nitro groups is 1. The first-order chi connectivity index (χ1) is 9.00. The third-order valence-corrected chi connectivity index (χ3v) is 4.04. The van der Waals surface area contributed by atoms with E-state index in [2.05, 4.69) is 4.98 Å². The summed E-state index contributed by atoms with van der Waals surface area (Å²) < 4.78 is 6.91. The van der Waals surface area contributed by atoms with E-state index in [1.807, 2.05) is 13.8 Å². The van der Waals surface area contributed by atoms with E-state index < -0.39 is 10.5 Å². The average molecular weight is 284 g/mol. The molecule has 2 rings (SSSR count). The van der Waals surface area contributed by atoms with E-state index in [4.69, 9.17) is 10.5 Å². The Morgan fingerprint density at radius 3 is 2.84 bits per heavy atom. The summed E-state index contributed by atoms with van der Waals surface area (Å²) >= 11 is 1.32. The molecule has 0 atom stereocenters. The second kappa shape index (κ2) is 5.14. The van der Waals surface area contributed by atoms with Crippen molar-refractivity contribution in [2.45, 2.75) is 32.2 Å². The molecule has 0 unspecified atom stereocenters. The van der Waals surface area contributed by atoms with E-state index in [1.165, 1.54) is 15.7 Å². The molecule has 2 aromatic heterocycles. The van der Waals surface area contributed by atoms with Crippen LogP contribution in [-0.2, 0) is 0 Å². The quantitative estimate of drug-likeness (QED) is 0.648. The maximum absolute atomic E-state index is 11.1. The molecule has 0 aromatic carbocycles. The van der Waals surface area contributed by atoms with Crippen molar-refractivity contribution in [2.24, 2.45) is 5.73 Å². The van der Waals surface area contributed by atoms with Crippen LogP contribution in [0.25, 0.3) is 4.96 Å². The number of hydrogen-bond donors (Lipinski definition) is 1. The van der Waals surface area contributed by atoms with E-state index in [0.29, 0.717) is 4.96 Å². The highest BCUT2D eigenvalue weighted by Crippen LogP contribution is 2.30. The van der Waals surface area contributed by atoms with Crippen molar-refractivity contribution in [2.75, 3.05) is 6.61 Å². The molecule has 0 saturated carbocycles. The Hall–Kier alpha value is -1.67. The Labute approximate surface area is 114 Å². The number of fused-ring (bicyclic) bond motifs is 1. The molecule has 7 nitrogen and oxygen atoms in total. The van der Waals surface area contributed by atoms with Crippen molar-refractivity contribution in [3.05, 3.63) is 21.7 Å². The summed E-state index contributed by atoms with van der Waals surface area (Å²) in [6, 6.07) is 0. The summed E-state index contributed by atoms with van der Waals surface area (Å²) in [7, 11) is 0. The van der Waals surface area contributed by atoms with Crippen LogP contribution in [0.1, 0.15) is 26.7 Å². The van der Waals surface area contributed by atoms with Crippen LogP contribution in [-0.4, -0.2) is 26.5 Å². The second-order valence-electron chi connectivity index (χ2n) is 4.41. The SMILES string of the molecule is CCC(N)(CC)COc1nc2sccn2c1[N+](=O)[O-]. The molecule has 2 N–H and O–H groups in total. The van der Waals surface area contributed by atoms with Gasteiger partial charge in [-0.05, 0) is 17.8 Å². The maximum atomic E-state index is 11.1. The van der Waals surface area contributed by atoms with Crippen LogP contribution < -0.4 is 10.5 Å². The standard InChI is InChI=1S/C11H16N4O3S/c1-3-11(12,4-2)7-18-8-9(15(16)17)14-5-6-19-10(14)13-8/h5-6H,3-4,7,12H2,1-2H3. The predicted molar refractivity (Wildman–Crippen MR) is 72.7 cm³/mol. The molecule has 0 aliphatic rings. The molecule has 2 aromatic rings. The molecular weight excluding hydrogens is 268 g/mol. The van der Waals surface area contributed by atoms with Crippen LogP contribution in [0.5, 0.6) is 5.88 Å². The van der Waals surface area contributed by atoms with Gasteiger partial charge >= 0.3 is 11.7 Å². The van der Waals surface area contributed by atoms with Crippen LogP contribution in [0, 0.1) is 10.1 Å². The van der Waals surface area contributed by atoms with Gasteiger partial charge in [-0.3, -0.25) is 0 Å². The molecule has 104 valence electrons. The first kappa shape index (κ1) is 13.8. The number of hydrogen-bond acceptors (Lipinski definition) is 6. The van der Waals surface area contributed by atoms with Gasteiger partial charge in [0.1, 0.15) is 12.8 Å². The normalized spacial score (nSPS) is 11.9. The van der Waals surface area contributed by atoms with Gasteiger partial charge in [0, 0.05) is 10.9 Å². The van der Waals surface area contributed by atoms with Crippen molar-refractivity contribution in [1.29, 1.82) is 0 Å². The van der Waals surface area contributed by atoms with Crippen LogP contribution in [0.3, 0.4) is 0 Å². The third kappa shape index (κ3) is 2.54. The lowest BCUT2D eigenvalue weighted by molar-refractivity contribution is -0.391. The Morgan fingerprint density at radius 1 is 1.58 bits per heavy atom. The van der Waals surface area contributed by atoms with Crippen LogP contribution in [0.15, 0.2) is 11.6 Å². The second-order valence-corrected chi connectivity index (χ2v) is 5.28. The summed E-state index contributed by atoms with van der Waals surface area (Å²) in [4.78, 5) is 15.3. The van der Waals surface area contributed by atoms with Crippen LogP contribution in [0.2, 0.25) is 0 Å². The zero-order chi connectivity index (χ0) is 14.0. The fourth-order valence-electron chi connectivity index (χ4n) is 1.68. The number of ether oxygens (including phenoxy) is 1. The summed E-state index contributed by atoms with van der Waals surface area (Å²) in [5, 5.41) is 12.8. The molecule has 0 radical (unpaired) electrons. The molecule has 0 amide bonds. The third-order valence-electron chi connectivity index (χ3n) is 3.28. The number of aromatic nitrogens is 2. The molecule has 0 aliphatic heterocycles. The van der Waals surface area contributed by atoms with Crippen LogP contribution in [0.4, 0.5) is 5.82 Å². The van der Waals surface area contributed by atoms with Gasteiger partial charge in [0.25, 0.3) is 4.96 Å². The molecule has 8 heteroatoms. The first-order valence-corrected chi connectivity index (χ1v) is 6.90. The lowest BCUT2D eigenvalue weighted by Gasteiger charge is -2.25. The molecule has 0 bridgehead atoms. The zero-order valence-electron chi connectivity index (χ0n) is 10.8. The van der Waals surface area contributed by atoms with Crippen LogP contribution >= 0.6 is 11.3 Å². The van der Waals surface area contributed by atoms with Gasteiger partial charge in [0.05, 0.1) is 0 Å². The highest BCUT2D eigenvalue weighted by Gasteiger charge is 2.28. The van der Waals surface area contributed by atoms with E-state index in [9.17, 15) is 10.1 Å². The Bertz CT molecular complexity index is 588. The minimum atomic E-state index is -0.488. The Morgan fingerprint density at radius 2 is 2.26 bits per heavy atom. The number of rotatable bonds is 6. The summed E-state index contributed by atoms with van der Waals surface area (Å²) in [6.45, 7) is 4.14. The molecule has 2 heterocycles.